The third kappa shape index (κ3) is 2.17. The fourth-order valence-corrected chi connectivity index (χ4v) is 4.22. The number of aromatic hydroxyl groups is 1. The Kier molecular flexibility index (Phi) is 3.74. The lowest BCUT2D eigenvalue weighted by Crippen LogP contribution is -2.14. The van der Waals surface area contributed by atoms with Crippen LogP contribution in [0.3, 0.4) is 0 Å². The van der Waals surface area contributed by atoms with Gasteiger partial charge in [0.1, 0.15) is 11.9 Å². The third-order valence-electron chi connectivity index (χ3n) is 4.99. The number of phenolic OH excluding ortho intramolecular Hbond substituents is 1. The maximum Gasteiger partial charge on any atom is 0.168 e. The zero-order valence-electron chi connectivity index (χ0n) is 16.0. The molecule has 0 aliphatic carbocycles. The molecule has 1 aliphatic rings. The van der Waals surface area contributed by atoms with Crippen molar-refractivity contribution in [3.63, 3.8) is 0 Å². The van der Waals surface area contributed by atoms with Gasteiger partial charge in [-0.2, -0.15) is 0 Å². The predicted octanol–water partition coefficient (Wildman–Crippen LogP) is 5.74. The third-order valence-corrected chi connectivity index (χ3v) is 4.99. The second kappa shape index (κ2) is 5.30. The second-order valence-corrected chi connectivity index (χ2v) is 8.19. The first-order chi connectivity index (χ1) is 11.1. The first-order valence-corrected chi connectivity index (χ1v) is 8.66. The summed E-state index contributed by atoms with van der Waals surface area (Å²) in [5.41, 5.74) is 4.33. The van der Waals surface area contributed by atoms with Crippen LogP contribution in [0.5, 0.6) is 17.2 Å². The smallest absolute Gasteiger partial charge is 0.168 e. The Balaban J connectivity index is 2.58. The zero-order valence-corrected chi connectivity index (χ0v) is 16.0. The zero-order chi connectivity index (χ0) is 18.0. The first kappa shape index (κ1) is 16.9. The molecule has 0 saturated carbocycles. The highest BCUT2D eigenvalue weighted by atomic mass is 16.5. The molecule has 1 N–H and O–H groups in total. The van der Waals surface area contributed by atoms with Crippen molar-refractivity contribution in [2.75, 3.05) is 7.11 Å². The lowest BCUT2D eigenvalue weighted by Gasteiger charge is -2.25. The molecule has 0 saturated heterocycles. The van der Waals surface area contributed by atoms with Gasteiger partial charge in [-0.15, -0.1) is 0 Å². The molecule has 2 aromatic rings. The van der Waals surface area contributed by atoms with Gasteiger partial charge in [-0.3, -0.25) is 0 Å². The molecule has 1 aliphatic heterocycles. The van der Waals surface area contributed by atoms with Gasteiger partial charge in [0.15, 0.2) is 11.5 Å². The topological polar surface area (TPSA) is 38.7 Å². The molecule has 1 atom stereocenters. The highest BCUT2D eigenvalue weighted by Gasteiger charge is 2.36. The van der Waals surface area contributed by atoms with E-state index in [1.165, 1.54) is 11.1 Å². The van der Waals surface area contributed by atoms with E-state index in [1.807, 2.05) is 6.92 Å². The molecule has 0 spiro atoms. The summed E-state index contributed by atoms with van der Waals surface area (Å²) < 4.78 is 11.9. The van der Waals surface area contributed by atoms with Crippen LogP contribution in [0.4, 0.5) is 0 Å². The Bertz CT molecular complexity index is 826. The van der Waals surface area contributed by atoms with Crippen LogP contribution < -0.4 is 9.47 Å². The molecule has 0 aromatic heterocycles. The van der Waals surface area contributed by atoms with E-state index < -0.39 is 0 Å². The molecule has 3 heteroatoms. The molecule has 3 nitrogen and oxygen atoms in total. The summed E-state index contributed by atoms with van der Waals surface area (Å²) in [4.78, 5) is 0. The summed E-state index contributed by atoms with van der Waals surface area (Å²) in [6.45, 7) is 15.0. The standard InChI is InChI=1S/C21H28O3/c1-10(2)14-13-9-11(3)17(21(5,6)7)19-16(13)15(12(4)24-19)20(23-8)18(14)22/h9-10,12,22H,1-8H3. The van der Waals surface area contributed by atoms with Gasteiger partial charge in [0.2, 0.25) is 0 Å². The van der Waals surface area contributed by atoms with Gasteiger partial charge in [0.05, 0.1) is 7.11 Å². The van der Waals surface area contributed by atoms with E-state index in [-0.39, 0.29) is 23.2 Å². The number of benzene rings is 2. The lowest BCUT2D eigenvalue weighted by molar-refractivity contribution is 0.234. The fraction of sp³-hybridized carbons (Fsp3) is 0.524. The Morgan fingerprint density at radius 2 is 1.88 bits per heavy atom. The summed E-state index contributed by atoms with van der Waals surface area (Å²) in [6.07, 6.45) is -0.132. The molecule has 2 aromatic carbocycles. The largest absolute Gasteiger partial charge is 0.504 e. The molecule has 0 bridgehead atoms. The summed E-state index contributed by atoms with van der Waals surface area (Å²) in [5.74, 6) is 1.96. The van der Waals surface area contributed by atoms with E-state index in [4.69, 9.17) is 9.47 Å². The van der Waals surface area contributed by atoms with Gasteiger partial charge in [-0.25, -0.2) is 0 Å². The van der Waals surface area contributed by atoms with Crippen LogP contribution in [-0.4, -0.2) is 12.2 Å². The van der Waals surface area contributed by atoms with Crippen molar-refractivity contribution in [2.24, 2.45) is 0 Å². The van der Waals surface area contributed by atoms with Gasteiger partial charge >= 0.3 is 0 Å². The van der Waals surface area contributed by atoms with Gasteiger partial charge in [-0.1, -0.05) is 40.7 Å². The van der Waals surface area contributed by atoms with Crippen molar-refractivity contribution in [1.29, 1.82) is 0 Å². The average molecular weight is 328 g/mol. The molecule has 1 unspecified atom stereocenters. The maximum absolute atomic E-state index is 10.8. The van der Waals surface area contributed by atoms with Crippen molar-refractivity contribution < 1.29 is 14.6 Å². The Labute approximate surface area is 144 Å². The molecule has 130 valence electrons. The highest BCUT2D eigenvalue weighted by Crippen LogP contribution is 2.56. The number of hydrogen-bond acceptors (Lipinski definition) is 3. The van der Waals surface area contributed by atoms with Crippen LogP contribution in [-0.2, 0) is 5.41 Å². The van der Waals surface area contributed by atoms with Crippen LogP contribution in [0.2, 0.25) is 0 Å². The van der Waals surface area contributed by atoms with Crippen LogP contribution in [0, 0.1) is 6.92 Å². The Hall–Kier alpha value is -1.90. The minimum atomic E-state index is -0.132. The molecular formula is C21H28O3. The average Bonchev–Trinajstić information content (AvgIpc) is 2.75. The fourth-order valence-electron chi connectivity index (χ4n) is 4.22. The van der Waals surface area contributed by atoms with E-state index in [0.29, 0.717) is 5.75 Å². The quantitative estimate of drug-likeness (QED) is 0.764. The van der Waals surface area contributed by atoms with E-state index in [2.05, 4.69) is 47.6 Å². The van der Waals surface area contributed by atoms with Crippen LogP contribution in [0.25, 0.3) is 10.8 Å². The molecule has 24 heavy (non-hydrogen) atoms. The summed E-state index contributed by atoms with van der Waals surface area (Å²) in [6, 6.07) is 2.21. The van der Waals surface area contributed by atoms with Crippen LogP contribution in [0.1, 0.15) is 75.8 Å². The van der Waals surface area contributed by atoms with Gasteiger partial charge in [0.25, 0.3) is 0 Å². The predicted molar refractivity (Wildman–Crippen MR) is 98.7 cm³/mol. The summed E-state index contributed by atoms with van der Waals surface area (Å²) >= 11 is 0. The van der Waals surface area contributed by atoms with Crippen molar-refractivity contribution in [3.8, 4) is 17.2 Å². The maximum atomic E-state index is 10.8. The molecule has 0 fully saturated rings. The van der Waals surface area contributed by atoms with E-state index in [1.54, 1.807) is 7.11 Å². The molecular weight excluding hydrogens is 300 g/mol. The monoisotopic (exact) mass is 328 g/mol. The number of hydrogen-bond donors (Lipinski definition) is 1. The SMILES string of the molecule is COc1c(O)c(C(C)C)c2cc(C)c(C(C)(C)C)c3c2c1C(C)O3. The number of methoxy groups -OCH3 is 1. The van der Waals surface area contributed by atoms with Crippen LogP contribution in [0.15, 0.2) is 6.07 Å². The number of rotatable bonds is 2. The first-order valence-electron chi connectivity index (χ1n) is 8.66. The van der Waals surface area contributed by atoms with E-state index in [0.717, 1.165) is 27.6 Å². The minimum absolute atomic E-state index is 0.0158. The summed E-state index contributed by atoms with van der Waals surface area (Å²) in [5, 5.41) is 13.0. The molecule has 1 heterocycles. The number of ether oxygens (including phenoxy) is 2. The number of phenols is 1. The Morgan fingerprint density at radius 3 is 2.38 bits per heavy atom. The van der Waals surface area contributed by atoms with Crippen molar-refractivity contribution in [2.45, 2.75) is 65.9 Å². The van der Waals surface area contributed by atoms with Gasteiger partial charge < -0.3 is 14.6 Å². The van der Waals surface area contributed by atoms with Crippen molar-refractivity contribution >= 4 is 10.8 Å². The minimum Gasteiger partial charge on any atom is -0.504 e. The molecule has 0 radical (unpaired) electrons. The number of aryl methyl sites for hydroxylation is 1. The molecule has 3 rings (SSSR count). The van der Waals surface area contributed by atoms with E-state index >= 15 is 0 Å². The molecule has 0 amide bonds. The second-order valence-electron chi connectivity index (χ2n) is 8.19. The van der Waals surface area contributed by atoms with E-state index in [9.17, 15) is 5.11 Å². The van der Waals surface area contributed by atoms with Crippen molar-refractivity contribution in [3.05, 3.63) is 28.3 Å². The van der Waals surface area contributed by atoms with Crippen molar-refractivity contribution in [1.82, 2.24) is 0 Å². The Morgan fingerprint density at radius 1 is 1.25 bits per heavy atom. The lowest BCUT2D eigenvalue weighted by atomic mass is 9.80. The van der Waals surface area contributed by atoms with Gasteiger partial charge in [0, 0.05) is 22.1 Å². The highest BCUT2D eigenvalue weighted by molar-refractivity contribution is 6.01. The van der Waals surface area contributed by atoms with Crippen LogP contribution >= 0.6 is 0 Å². The van der Waals surface area contributed by atoms with Gasteiger partial charge in [-0.05, 0) is 36.1 Å². The summed E-state index contributed by atoms with van der Waals surface area (Å²) in [7, 11) is 1.62. The normalized spacial score (nSPS) is 16.8.